The fourth-order valence-electron chi connectivity index (χ4n) is 3.49. The van der Waals surface area contributed by atoms with E-state index in [0.717, 1.165) is 37.3 Å². The Bertz CT molecular complexity index is 1060. The van der Waals surface area contributed by atoms with Crippen LogP contribution in [0.5, 0.6) is 0 Å². The summed E-state index contributed by atoms with van der Waals surface area (Å²) in [6, 6.07) is 6.16. The molecule has 0 fully saturated rings. The van der Waals surface area contributed by atoms with Crippen LogP contribution in [0, 0.1) is 23.4 Å². The van der Waals surface area contributed by atoms with E-state index < -0.39 is 23.4 Å². The van der Waals surface area contributed by atoms with Gasteiger partial charge in [0.2, 0.25) is 0 Å². The number of carbonyl (C=O) groups excluding carboxylic acids is 1. The van der Waals surface area contributed by atoms with Gasteiger partial charge in [0, 0.05) is 60.0 Å². The van der Waals surface area contributed by atoms with Crippen LogP contribution in [-0.2, 0) is 0 Å². The van der Waals surface area contributed by atoms with E-state index in [9.17, 15) is 18.0 Å². The Balaban J connectivity index is 1.56. The lowest BCUT2D eigenvalue weighted by Gasteiger charge is -2.22. The number of rotatable bonds is 9. The van der Waals surface area contributed by atoms with Crippen LogP contribution in [0.25, 0.3) is 0 Å². The molecule has 1 heterocycles. The van der Waals surface area contributed by atoms with Crippen LogP contribution in [0.3, 0.4) is 0 Å². The van der Waals surface area contributed by atoms with Gasteiger partial charge in [-0.25, -0.2) is 13.2 Å². The fraction of sp³-hybridized carbons (Fsp3) is 0.292. The summed E-state index contributed by atoms with van der Waals surface area (Å²) in [6.07, 6.45) is 4.99. The van der Waals surface area contributed by atoms with Crippen LogP contribution in [0.4, 0.5) is 18.9 Å². The number of hydrogen-bond donors (Lipinski definition) is 1. The van der Waals surface area contributed by atoms with Gasteiger partial charge in [-0.2, -0.15) is 0 Å². The standard InChI is InChI=1S/C24H25ClF3N3OS/c1-15(12-31-7-6-30(3)14-31)8-16(2)13-33-22-9-17(4-5-19(22)25)24(32)29-18-10-20(26)23(28)21(27)11-18/h4-7,9-11,15H,2,8,12-14H2,1,3H3,(H,29,32). The smallest absolute Gasteiger partial charge is 0.255 e. The molecular weight excluding hydrogens is 471 g/mol. The molecule has 0 bridgehead atoms. The third-order valence-corrected chi connectivity index (χ3v) is 6.63. The second kappa shape index (κ2) is 11.0. The van der Waals surface area contributed by atoms with Gasteiger partial charge in [-0.05, 0) is 30.5 Å². The summed E-state index contributed by atoms with van der Waals surface area (Å²) in [5.41, 5.74) is 1.14. The molecule has 9 heteroatoms. The summed E-state index contributed by atoms with van der Waals surface area (Å²) >= 11 is 7.76. The third kappa shape index (κ3) is 6.95. The Morgan fingerprint density at radius 1 is 1.21 bits per heavy atom. The molecule has 1 aliphatic heterocycles. The third-order valence-electron chi connectivity index (χ3n) is 4.99. The summed E-state index contributed by atoms with van der Waals surface area (Å²) in [5.74, 6) is -3.86. The zero-order chi connectivity index (χ0) is 24.1. The zero-order valence-corrected chi connectivity index (χ0v) is 19.9. The molecule has 1 amide bonds. The lowest BCUT2D eigenvalue weighted by atomic mass is 10.0. The molecule has 176 valence electrons. The number of nitrogens with one attached hydrogen (secondary N) is 1. The first-order valence-electron chi connectivity index (χ1n) is 10.3. The summed E-state index contributed by atoms with van der Waals surface area (Å²) in [6.45, 7) is 8.17. The SMILES string of the molecule is C=C(CSc1cc(C(=O)Nc2cc(F)c(F)c(F)c2)ccc1Cl)CC(C)CN1C=CN(C)C1. The quantitative estimate of drug-likeness (QED) is 0.249. The highest BCUT2D eigenvalue weighted by atomic mass is 35.5. The van der Waals surface area contributed by atoms with Crippen molar-refractivity contribution in [2.75, 3.05) is 31.3 Å². The van der Waals surface area contributed by atoms with Crippen molar-refractivity contribution in [1.29, 1.82) is 0 Å². The van der Waals surface area contributed by atoms with E-state index in [4.69, 9.17) is 11.6 Å². The van der Waals surface area contributed by atoms with Crippen LogP contribution in [0.1, 0.15) is 23.7 Å². The average Bonchev–Trinajstić information content (AvgIpc) is 3.15. The van der Waals surface area contributed by atoms with E-state index in [0.29, 0.717) is 21.6 Å². The van der Waals surface area contributed by atoms with Gasteiger partial charge in [-0.3, -0.25) is 4.79 Å². The van der Waals surface area contributed by atoms with Crippen LogP contribution >= 0.6 is 23.4 Å². The second-order valence-electron chi connectivity index (χ2n) is 8.17. The highest BCUT2D eigenvalue weighted by molar-refractivity contribution is 7.99. The van der Waals surface area contributed by atoms with Crippen molar-refractivity contribution in [3.63, 3.8) is 0 Å². The minimum atomic E-state index is -1.59. The van der Waals surface area contributed by atoms with Gasteiger partial charge in [0.25, 0.3) is 5.91 Å². The predicted molar refractivity (Wildman–Crippen MR) is 128 cm³/mol. The molecule has 0 saturated carbocycles. The van der Waals surface area contributed by atoms with Crippen molar-refractivity contribution in [2.45, 2.75) is 18.2 Å². The van der Waals surface area contributed by atoms with E-state index in [1.54, 1.807) is 12.1 Å². The Labute approximate surface area is 201 Å². The van der Waals surface area contributed by atoms with Gasteiger partial charge in [0.15, 0.2) is 17.5 Å². The number of carbonyl (C=O) groups is 1. The van der Waals surface area contributed by atoms with E-state index in [1.165, 1.54) is 17.8 Å². The highest BCUT2D eigenvalue weighted by Crippen LogP contribution is 2.31. The van der Waals surface area contributed by atoms with Gasteiger partial charge >= 0.3 is 0 Å². The predicted octanol–water partition coefficient (Wildman–Crippen LogP) is 6.36. The molecule has 0 radical (unpaired) electrons. The molecule has 0 aliphatic carbocycles. The number of halogens is 4. The molecule has 3 rings (SSSR count). The Morgan fingerprint density at radius 2 is 1.91 bits per heavy atom. The van der Waals surface area contributed by atoms with Gasteiger partial charge in [0.1, 0.15) is 0 Å². The monoisotopic (exact) mass is 495 g/mol. The molecule has 0 saturated heterocycles. The number of nitrogens with zero attached hydrogens (tertiary/aromatic N) is 2. The van der Waals surface area contributed by atoms with Crippen LogP contribution in [-0.4, -0.2) is 41.7 Å². The average molecular weight is 496 g/mol. The van der Waals surface area contributed by atoms with E-state index in [-0.39, 0.29) is 11.3 Å². The zero-order valence-electron chi connectivity index (χ0n) is 18.4. The van der Waals surface area contributed by atoms with E-state index in [2.05, 4.69) is 34.8 Å². The molecule has 2 aromatic rings. The Hall–Kier alpha value is -2.58. The molecule has 1 N–H and O–H groups in total. The Kier molecular flexibility index (Phi) is 8.37. The minimum Gasteiger partial charge on any atom is -0.362 e. The topological polar surface area (TPSA) is 35.6 Å². The summed E-state index contributed by atoms with van der Waals surface area (Å²) < 4.78 is 39.9. The molecule has 1 atom stereocenters. The molecule has 33 heavy (non-hydrogen) atoms. The van der Waals surface area contributed by atoms with Crippen LogP contribution in [0.2, 0.25) is 5.02 Å². The normalized spacial score (nSPS) is 14.0. The van der Waals surface area contributed by atoms with Crippen molar-refractivity contribution in [2.24, 2.45) is 5.92 Å². The van der Waals surface area contributed by atoms with Crippen molar-refractivity contribution in [3.8, 4) is 0 Å². The van der Waals surface area contributed by atoms with Crippen molar-refractivity contribution in [3.05, 3.63) is 82.9 Å². The van der Waals surface area contributed by atoms with Gasteiger partial charge < -0.3 is 15.1 Å². The van der Waals surface area contributed by atoms with Crippen LogP contribution < -0.4 is 5.32 Å². The number of hydrogen-bond acceptors (Lipinski definition) is 4. The number of anilines is 1. The molecule has 4 nitrogen and oxygen atoms in total. The van der Waals surface area contributed by atoms with Gasteiger partial charge in [0.05, 0.1) is 11.7 Å². The molecular formula is C24H25ClF3N3OS. The summed E-state index contributed by atoms with van der Waals surface area (Å²) in [4.78, 5) is 17.6. The van der Waals surface area contributed by atoms with Crippen molar-refractivity contribution < 1.29 is 18.0 Å². The first-order valence-corrected chi connectivity index (χ1v) is 11.7. The van der Waals surface area contributed by atoms with Crippen molar-refractivity contribution in [1.82, 2.24) is 9.80 Å². The summed E-state index contributed by atoms with van der Waals surface area (Å²) in [5, 5.41) is 2.86. The largest absolute Gasteiger partial charge is 0.362 e. The molecule has 1 unspecified atom stereocenters. The minimum absolute atomic E-state index is 0.179. The molecule has 0 aromatic heterocycles. The Morgan fingerprint density at radius 3 is 2.55 bits per heavy atom. The fourth-order valence-corrected chi connectivity index (χ4v) is 4.66. The number of thioether (sulfide) groups is 1. The molecule has 2 aromatic carbocycles. The lowest BCUT2D eigenvalue weighted by Crippen LogP contribution is -2.27. The maximum atomic E-state index is 13.4. The van der Waals surface area contributed by atoms with E-state index in [1.807, 2.05) is 13.2 Å². The van der Waals surface area contributed by atoms with Crippen LogP contribution in [0.15, 0.2) is 59.8 Å². The maximum Gasteiger partial charge on any atom is 0.255 e. The second-order valence-corrected chi connectivity index (χ2v) is 9.59. The van der Waals surface area contributed by atoms with Gasteiger partial charge in [-0.1, -0.05) is 30.7 Å². The molecule has 1 aliphatic rings. The van der Waals surface area contributed by atoms with Gasteiger partial charge in [-0.15, -0.1) is 11.8 Å². The number of benzene rings is 2. The van der Waals surface area contributed by atoms with E-state index >= 15 is 0 Å². The number of amides is 1. The van der Waals surface area contributed by atoms with Crippen molar-refractivity contribution >= 4 is 35.0 Å². The first kappa shape index (κ1) is 25.1. The molecule has 0 spiro atoms. The summed E-state index contributed by atoms with van der Waals surface area (Å²) in [7, 11) is 2.03. The first-order chi connectivity index (χ1) is 15.6. The maximum absolute atomic E-state index is 13.4. The lowest BCUT2D eigenvalue weighted by molar-refractivity contribution is 0.102. The highest BCUT2D eigenvalue weighted by Gasteiger charge is 2.16.